The fourth-order valence-corrected chi connectivity index (χ4v) is 6.68. The lowest BCUT2D eigenvalue weighted by atomic mass is 10.00. The molecule has 4 heteroatoms. The molecule has 0 radical (unpaired) electrons. The maximum atomic E-state index is 5.13. The maximum Gasteiger partial charge on any atom is 0.160 e. The zero-order chi connectivity index (χ0) is 28.6. The Kier molecular flexibility index (Phi) is 6.32. The van der Waals surface area contributed by atoms with Gasteiger partial charge in [-0.25, -0.2) is 9.97 Å². The Hall–Kier alpha value is -5.45. The number of aromatic nitrogens is 3. The van der Waals surface area contributed by atoms with E-state index in [0.29, 0.717) is 5.82 Å². The molecule has 0 aliphatic rings. The van der Waals surface area contributed by atoms with Crippen molar-refractivity contribution in [2.45, 2.75) is 0 Å². The van der Waals surface area contributed by atoms with Gasteiger partial charge in [-0.3, -0.25) is 4.98 Å². The molecule has 8 rings (SSSR count). The second kappa shape index (κ2) is 10.8. The fourth-order valence-electron chi connectivity index (χ4n) is 5.59. The normalized spacial score (nSPS) is 11.3. The van der Waals surface area contributed by atoms with Crippen LogP contribution in [0.2, 0.25) is 0 Å². The zero-order valence-electron chi connectivity index (χ0n) is 23.2. The first kappa shape index (κ1) is 25.3. The van der Waals surface area contributed by atoms with Crippen LogP contribution in [0.15, 0.2) is 152 Å². The predicted molar refractivity (Wildman–Crippen MR) is 180 cm³/mol. The van der Waals surface area contributed by atoms with Crippen LogP contribution in [-0.2, 0) is 0 Å². The fraction of sp³-hybridized carbons (Fsp3) is 0. The third-order valence-corrected chi connectivity index (χ3v) is 8.95. The summed E-state index contributed by atoms with van der Waals surface area (Å²) >= 11 is 1.83. The number of nitrogens with zero attached hydrogens (tertiary/aromatic N) is 3. The van der Waals surface area contributed by atoms with Gasteiger partial charge < -0.3 is 0 Å². The van der Waals surface area contributed by atoms with Crippen molar-refractivity contribution >= 4 is 31.5 Å². The molecule has 0 aliphatic heterocycles. The first-order valence-electron chi connectivity index (χ1n) is 14.3. The summed E-state index contributed by atoms with van der Waals surface area (Å²) in [6.45, 7) is 0. The predicted octanol–water partition coefficient (Wildman–Crippen LogP) is 10.6. The summed E-state index contributed by atoms with van der Waals surface area (Å²) in [5.41, 5.74) is 9.43. The van der Waals surface area contributed by atoms with Crippen LogP contribution in [0.3, 0.4) is 0 Å². The van der Waals surface area contributed by atoms with Crippen LogP contribution in [0, 0.1) is 0 Å². The summed E-state index contributed by atoms with van der Waals surface area (Å²) in [5.74, 6) is 0.700. The van der Waals surface area contributed by atoms with Crippen LogP contribution >= 0.6 is 11.3 Å². The van der Waals surface area contributed by atoms with Gasteiger partial charge in [-0.05, 0) is 58.7 Å². The average molecular weight is 568 g/mol. The number of benzene rings is 5. The van der Waals surface area contributed by atoms with Crippen molar-refractivity contribution in [3.8, 4) is 56.2 Å². The van der Waals surface area contributed by atoms with Gasteiger partial charge in [0.15, 0.2) is 5.82 Å². The summed E-state index contributed by atoms with van der Waals surface area (Å²) in [4.78, 5) is 14.5. The molecular formula is C39H25N3S. The van der Waals surface area contributed by atoms with E-state index >= 15 is 0 Å². The summed E-state index contributed by atoms with van der Waals surface area (Å²) in [6.07, 6.45) is 3.68. The van der Waals surface area contributed by atoms with Gasteiger partial charge in [0, 0.05) is 49.3 Å². The lowest BCUT2D eigenvalue weighted by molar-refractivity contribution is 1.18. The highest BCUT2D eigenvalue weighted by Gasteiger charge is 2.14. The Morgan fingerprint density at radius 2 is 1.02 bits per heavy atom. The molecule has 43 heavy (non-hydrogen) atoms. The molecule has 0 fully saturated rings. The topological polar surface area (TPSA) is 38.7 Å². The van der Waals surface area contributed by atoms with E-state index in [1.807, 2.05) is 29.7 Å². The highest BCUT2D eigenvalue weighted by molar-refractivity contribution is 7.25. The molecule has 202 valence electrons. The van der Waals surface area contributed by atoms with E-state index in [4.69, 9.17) is 9.97 Å². The van der Waals surface area contributed by atoms with Crippen molar-refractivity contribution in [1.82, 2.24) is 15.0 Å². The minimum absolute atomic E-state index is 0.700. The van der Waals surface area contributed by atoms with E-state index < -0.39 is 0 Å². The van der Waals surface area contributed by atoms with E-state index in [1.165, 1.54) is 25.7 Å². The van der Waals surface area contributed by atoms with Crippen LogP contribution in [0.1, 0.15) is 0 Å². The highest BCUT2D eigenvalue weighted by atomic mass is 32.1. The first-order valence-corrected chi connectivity index (χ1v) is 15.1. The van der Waals surface area contributed by atoms with Gasteiger partial charge in [-0.1, -0.05) is 103 Å². The van der Waals surface area contributed by atoms with E-state index in [-0.39, 0.29) is 0 Å². The third-order valence-electron chi connectivity index (χ3n) is 7.80. The monoisotopic (exact) mass is 567 g/mol. The van der Waals surface area contributed by atoms with Crippen molar-refractivity contribution in [3.05, 3.63) is 152 Å². The van der Waals surface area contributed by atoms with Crippen LogP contribution in [0.5, 0.6) is 0 Å². The largest absolute Gasteiger partial charge is 0.264 e. The molecule has 0 bridgehead atoms. The van der Waals surface area contributed by atoms with E-state index in [2.05, 4.69) is 132 Å². The summed E-state index contributed by atoms with van der Waals surface area (Å²) in [5, 5.41) is 2.53. The second-order valence-corrected chi connectivity index (χ2v) is 11.6. The van der Waals surface area contributed by atoms with Gasteiger partial charge in [-0.15, -0.1) is 11.3 Å². The van der Waals surface area contributed by atoms with Crippen LogP contribution in [0.4, 0.5) is 0 Å². The molecule has 8 aromatic rings. The van der Waals surface area contributed by atoms with Gasteiger partial charge in [0.2, 0.25) is 0 Å². The lowest BCUT2D eigenvalue weighted by Gasteiger charge is -2.11. The molecule has 0 N–H and O–H groups in total. The van der Waals surface area contributed by atoms with Crippen LogP contribution in [0.25, 0.3) is 76.3 Å². The Balaban J connectivity index is 1.28. The van der Waals surface area contributed by atoms with Crippen molar-refractivity contribution in [3.63, 3.8) is 0 Å². The van der Waals surface area contributed by atoms with Crippen LogP contribution in [-0.4, -0.2) is 15.0 Å². The number of rotatable bonds is 5. The molecule has 3 nitrogen and oxygen atoms in total. The Labute approximate surface area is 253 Å². The molecule has 0 saturated carbocycles. The van der Waals surface area contributed by atoms with Crippen molar-refractivity contribution in [2.24, 2.45) is 0 Å². The number of hydrogen-bond acceptors (Lipinski definition) is 4. The first-order chi connectivity index (χ1) is 21.3. The molecule has 3 aromatic heterocycles. The molecule has 5 aromatic carbocycles. The van der Waals surface area contributed by atoms with E-state index in [9.17, 15) is 0 Å². The zero-order valence-corrected chi connectivity index (χ0v) is 24.0. The van der Waals surface area contributed by atoms with E-state index in [1.54, 1.807) is 6.20 Å². The van der Waals surface area contributed by atoms with Crippen molar-refractivity contribution in [2.75, 3.05) is 0 Å². The Bertz CT molecular complexity index is 2220. The highest BCUT2D eigenvalue weighted by Crippen LogP contribution is 2.37. The molecule has 0 atom stereocenters. The minimum Gasteiger partial charge on any atom is -0.264 e. The second-order valence-electron chi connectivity index (χ2n) is 10.5. The van der Waals surface area contributed by atoms with Gasteiger partial charge >= 0.3 is 0 Å². The van der Waals surface area contributed by atoms with Crippen molar-refractivity contribution < 1.29 is 0 Å². The number of thiophene rings is 1. The molecule has 0 aliphatic carbocycles. The quantitative estimate of drug-likeness (QED) is 0.208. The summed E-state index contributed by atoms with van der Waals surface area (Å²) in [6, 6.07) is 48.9. The average Bonchev–Trinajstić information content (AvgIpc) is 3.47. The van der Waals surface area contributed by atoms with Gasteiger partial charge in [-0.2, -0.15) is 0 Å². The van der Waals surface area contributed by atoms with Crippen LogP contribution < -0.4 is 0 Å². The van der Waals surface area contributed by atoms with Gasteiger partial charge in [0.25, 0.3) is 0 Å². The Morgan fingerprint density at radius 3 is 1.84 bits per heavy atom. The SMILES string of the molecule is c1ccc(-c2cccc(-c3cc(-c4ccc5sc6ccccc6c5c4)nc(-c4ccc(-c5cccnc5)cc4)n3)c2)cc1. The Morgan fingerprint density at radius 1 is 0.395 bits per heavy atom. The molecule has 3 heterocycles. The maximum absolute atomic E-state index is 5.13. The summed E-state index contributed by atoms with van der Waals surface area (Å²) < 4.78 is 2.58. The summed E-state index contributed by atoms with van der Waals surface area (Å²) in [7, 11) is 0. The molecule has 0 unspecified atom stereocenters. The molecular weight excluding hydrogens is 543 g/mol. The number of fused-ring (bicyclic) bond motifs is 3. The minimum atomic E-state index is 0.700. The van der Waals surface area contributed by atoms with E-state index in [0.717, 1.165) is 44.8 Å². The standard InChI is InChI=1S/C39H25N3S/c1-2-8-26(9-3-1)29-10-6-11-30(22-29)35-24-36(31-19-20-38-34(23-31)33-13-4-5-14-37(33)43-38)42-39(41-35)28-17-15-27(16-18-28)32-12-7-21-40-25-32/h1-25H. The molecule has 0 saturated heterocycles. The number of pyridine rings is 1. The lowest BCUT2D eigenvalue weighted by Crippen LogP contribution is -1.96. The third kappa shape index (κ3) is 4.88. The molecule has 0 amide bonds. The van der Waals surface area contributed by atoms with Crippen molar-refractivity contribution in [1.29, 1.82) is 0 Å². The smallest absolute Gasteiger partial charge is 0.160 e. The number of hydrogen-bond donors (Lipinski definition) is 0. The van der Waals surface area contributed by atoms with Gasteiger partial charge in [0.05, 0.1) is 11.4 Å². The molecule has 0 spiro atoms. The van der Waals surface area contributed by atoms with Gasteiger partial charge in [0.1, 0.15) is 0 Å².